The molecule has 16 atom stereocenters. The quantitative estimate of drug-likeness (QED) is 0.0430. The highest BCUT2D eigenvalue weighted by molar-refractivity contribution is 7.89. The van der Waals surface area contributed by atoms with E-state index in [2.05, 4.69) is 41.3 Å². The number of benzene rings is 4. The van der Waals surface area contributed by atoms with Crippen molar-refractivity contribution in [1.82, 2.24) is 70.7 Å². The van der Waals surface area contributed by atoms with E-state index in [9.17, 15) is 102 Å². The Labute approximate surface area is 722 Å². The number of nitrogens with one attached hydrogen (secondary N) is 8. The maximum Gasteiger partial charge on any atom is 0.328 e. The molecule has 0 aromatic heterocycles. The number of carbonyl (C=O) groups excluding carboxylic acids is 14. The molecule has 6 fully saturated rings. The summed E-state index contributed by atoms with van der Waals surface area (Å²) in [4.78, 5) is 203. The SMILES string of the molecule is C.CC1C[C@H]2C(=O)N(C)[C@@H](CNS(C)(=O)=O)C(=O)N[C@@H](C)C(=O)N3C[C@H](C)C[C@H]3C(=O)OC[C@H](NC(=O)[C@H](Cc3cccc(F)c3)NC(=O)Cc3ccc(Cl)cc3F)C(=O)N2C1.CCS(=O)(=O)NC[C@H]1C(=O)N[C@@H](C)C(=O)N2C[C@H](C)C[C@H]2C(=O)OC[C@H](NC(=O)[C@H](Cc2cccc(F)c2)NC(=O)Cc2ccc(C)cc2F)C(=O)N2CC(C)C[C@H]2C(=O)N1C. The number of cyclic esters (lactones) is 2. The molecule has 0 saturated carbocycles. The molecule has 0 aliphatic carbocycles. The smallest absolute Gasteiger partial charge is 0.328 e. The maximum absolute atomic E-state index is 14.8. The van der Waals surface area contributed by atoms with Gasteiger partial charge in [-0.3, -0.25) is 57.5 Å². The van der Waals surface area contributed by atoms with Gasteiger partial charge in [-0.2, -0.15) is 0 Å². The number of ether oxygens (including phenoxy) is 2. The van der Waals surface area contributed by atoms with Crippen molar-refractivity contribution in [2.45, 2.75) is 187 Å². The van der Waals surface area contributed by atoms with Crippen LogP contribution >= 0.6 is 11.6 Å². The van der Waals surface area contributed by atoms with Gasteiger partial charge >= 0.3 is 11.9 Å². The molecule has 6 aliphatic heterocycles. The van der Waals surface area contributed by atoms with E-state index in [1.807, 2.05) is 0 Å². The van der Waals surface area contributed by atoms with Gasteiger partial charge in [0.25, 0.3) is 0 Å². The average molecular weight is 1800 g/mol. The molecule has 6 heterocycles. The third kappa shape index (κ3) is 26.0. The Morgan fingerprint density at radius 2 is 0.879 bits per heavy atom. The van der Waals surface area contributed by atoms with E-state index in [0.717, 1.165) is 34.3 Å². The summed E-state index contributed by atoms with van der Waals surface area (Å²) in [6, 6.07) is 1.91. The van der Waals surface area contributed by atoms with Gasteiger partial charge in [-0.25, -0.2) is 53.4 Å². The van der Waals surface area contributed by atoms with Gasteiger partial charge in [-0.05, 0) is 147 Å². The van der Waals surface area contributed by atoms with E-state index in [-0.39, 0.29) is 123 Å². The number of likely N-dealkylation sites (N-methyl/N-ethyl adjacent to an activating group) is 2. The van der Waals surface area contributed by atoms with Gasteiger partial charge in [-0.15, -0.1) is 0 Å². The van der Waals surface area contributed by atoms with Crippen LogP contribution in [0.15, 0.2) is 84.9 Å². The largest absolute Gasteiger partial charge is 0.461 e. The molecular formula is C83H109ClF4N14O20S2. The lowest BCUT2D eigenvalue weighted by Crippen LogP contribution is -2.62. The zero-order valence-electron chi connectivity index (χ0n) is 69.9. The molecule has 2 unspecified atom stereocenters. The Balaban J connectivity index is 0.000000305. The highest BCUT2D eigenvalue weighted by Gasteiger charge is 2.50. The number of carbonyl (C=O) groups is 14. The topological polar surface area (TPSA) is 441 Å². The number of aryl methyl sites for hydroxylation is 1. The van der Waals surface area contributed by atoms with E-state index in [0.29, 0.717) is 11.1 Å². The Morgan fingerprint density at radius 3 is 1.25 bits per heavy atom. The Hall–Kier alpha value is -10.7. The number of hydrogen-bond acceptors (Lipinski definition) is 20. The molecule has 678 valence electrons. The van der Waals surface area contributed by atoms with E-state index in [4.69, 9.17) is 21.1 Å². The standard InChI is InChI=1S/C42H55F2N7O10S.C40H50ClF2N7O10S.CH4/c1-7-62(59,60)45-19-35-38(54)46-26(5)39(55)51-21-25(4)15-34(51)42(58)61-22-32(40(56)50-20-24(3)14-33(50)41(57)49(35)6)48-37(53)31(17-27-9-8-10-29(43)16-27)47-36(52)18-28-12-11-23(2)13-30(28)44;1-21-11-31-39(56)48(4)33(17-44-61(5,58)59)36(53)45-23(3)37(54)50-19-22(2)12-32(50)40(57)60-20-30(38(55)49(31)18-21)47-35(52)29(14-24-7-6-8-27(42)13-24)46-34(51)15-25-9-10-26(41)16-28(25)43;/h8-13,16,24-26,31-35,45H,7,14-15,17-22H2,1-6H3,(H,46,54)(H,47,52)(H,48,53);6-10,13,16,21-23,29-33,44H,11-12,14-15,17-20H2,1-5H3,(H,45,53)(H,46,51)(H,47,52);1H4/t24?,25-,26+,31+,32+,33+,34+,35+;21?,22-,23+,29+,30+,31+,32+,33+;/m11./s1. The van der Waals surface area contributed by atoms with Crippen LogP contribution in [0.2, 0.25) is 5.02 Å². The Kier molecular flexibility index (Phi) is 34.1. The van der Waals surface area contributed by atoms with Crippen LogP contribution in [0.3, 0.4) is 0 Å². The number of amides is 12. The van der Waals surface area contributed by atoms with Crippen LogP contribution < -0.4 is 41.3 Å². The van der Waals surface area contributed by atoms with Crippen LogP contribution in [-0.4, -0.2) is 280 Å². The molecule has 34 nitrogen and oxygen atoms in total. The number of esters is 2. The fourth-order valence-electron chi connectivity index (χ4n) is 15.8. The summed E-state index contributed by atoms with van der Waals surface area (Å²) < 4.78 is 123. The molecule has 10 rings (SSSR count). The van der Waals surface area contributed by atoms with E-state index < -0.39 is 238 Å². The number of sulfonamides is 2. The summed E-state index contributed by atoms with van der Waals surface area (Å²) in [5, 5.41) is 15.4. The lowest BCUT2D eigenvalue weighted by molar-refractivity contribution is -0.158. The van der Waals surface area contributed by atoms with Crippen molar-refractivity contribution < 1.29 is 111 Å². The summed E-state index contributed by atoms with van der Waals surface area (Å²) in [6.45, 7) is 10.5. The van der Waals surface area contributed by atoms with Crippen LogP contribution in [0.1, 0.15) is 109 Å². The van der Waals surface area contributed by atoms with Crippen LogP contribution in [0.25, 0.3) is 0 Å². The molecular weight excluding hydrogens is 1690 g/mol. The molecule has 0 bridgehead atoms. The first-order valence-electron chi connectivity index (χ1n) is 40.3. The summed E-state index contributed by atoms with van der Waals surface area (Å²) in [6.07, 6.45) is -0.178. The highest BCUT2D eigenvalue weighted by atomic mass is 35.5. The predicted octanol–water partition coefficient (Wildman–Crippen LogP) is 1.25. The van der Waals surface area contributed by atoms with E-state index in [1.165, 1.54) is 115 Å². The second kappa shape index (κ2) is 42.8. The summed E-state index contributed by atoms with van der Waals surface area (Å²) >= 11 is 5.86. The first-order chi connectivity index (χ1) is 57.8. The van der Waals surface area contributed by atoms with Crippen molar-refractivity contribution in [2.24, 2.45) is 23.7 Å². The van der Waals surface area contributed by atoms with Crippen molar-refractivity contribution in [3.05, 3.63) is 141 Å². The van der Waals surface area contributed by atoms with Gasteiger partial charge < -0.3 is 70.8 Å². The van der Waals surface area contributed by atoms with Crippen LogP contribution in [0, 0.1) is 53.9 Å². The lowest BCUT2D eigenvalue weighted by atomic mass is 10.0. The van der Waals surface area contributed by atoms with Gasteiger partial charge in [0.1, 0.15) is 109 Å². The number of rotatable bonds is 21. The van der Waals surface area contributed by atoms with Crippen LogP contribution in [-0.2, 0) is 122 Å². The second-order valence-corrected chi connectivity index (χ2v) is 37.0. The van der Waals surface area contributed by atoms with Crippen LogP contribution in [0.4, 0.5) is 17.6 Å². The predicted molar refractivity (Wildman–Crippen MR) is 442 cm³/mol. The molecule has 0 spiro atoms. The molecule has 41 heteroatoms. The molecule has 8 N–H and O–H groups in total. The zero-order chi connectivity index (χ0) is 90.5. The first-order valence-corrected chi connectivity index (χ1v) is 44.2. The first kappa shape index (κ1) is 98.7. The van der Waals surface area contributed by atoms with Crippen molar-refractivity contribution in [3.63, 3.8) is 0 Å². The van der Waals surface area contributed by atoms with Crippen molar-refractivity contribution in [3.8, 4) is 0 Å². The van der Waals surface area contributed by atoms with Gasteiger partial charge in [0.05, 0.1) is 24.9 Å². The average Bonchev–Trinajstić information content (AvgIpc) is 1.66. The van der Waals surface area contributed by atoms with Gasteiger partial charge in [0.2, 0.25) is 90.9 Å². The maximum atomic E-state index is 14.8. The van der Waals surface area contributed by atoms with Crippen molar-refractivity contribution >= 4 is 114 Å². The highest BCUT2D eigenvalue weighted by Crippen LogP contribution is 2.32. The molecule has 6 saturated heterocycles. The van der Waals surface area contributed by atoms with Crippen LogP contribution in [0.5, 0.6) is 0 Å². The minimum Gasteiger partial charge on any atom is -0.461 e. The third-order valence-corrected chi connectivity index (χ3v) is 24.6. The summed E-state index contributed by atoms with van der Waals surface area (Å²) in [5.74, 6) is -15.6. The molecule has 0 radical (unpaired) electrons. The number of hydrogen-bond donors (Lipinski definition) is 8. The number of fused-ring (bicyclic) bond motifs is 4. The fraction of sp³-hybridized carbons (Fsp3) is 0.542. The second-order valence-electron chi connectivity index (χ2n) is 32.6. The normalized spacial score (nSPS) is 25.7. The molecule has 4 aromatic rings. The fourth-order valence-corrected chi connectivity index (χ4v) is 17.0. The van der Waals surface area contributed by atoms with E-state index >= 15 is 0 Å². The lowest BCUT2D eigenvalue weighted by Gasteiger charge is -2.35. The summed E-state index contributed by atoms with van der Waals surface area (Å²) in [7, 11) is -5.22. The molecule has 6 aliphatic rings. The van der Waals surface area contributed by atoms with Crippen molar-refractivity contribution in [2.75, 3.05) is 78.6 Å². The van der Waals surface area contributed by atoms with Gasteiger partial charge in [0.15, 0.2) is 0 Å². The minimum absolute atomic E-state index is 0. The minimum atomic E-state index is -3.88. The molecule has 4 aromatic carbocycles. The monoisotopic (exact) mass is 1800 g/mol. The zero-order valence-corrected chi connectivity index (χ0v) is 72.3. The Bertz CT molecular complexity index is 4940. The summed E-state index contributed by atoms with van der Waals surface area (Å²) in [5.41, 5.74) is 1.20. The van der Waals surface area contributed by atoms with Crippen molar-refractivity contribution in [1.29, 1.82) is 0 Å². The van der Waals surface area contributed by atoms with Gasteiger partial charge in [0, 0.05) is 71.2 Å². The molecule has 12 amide bonds. The van der Waals surface area contributed by atoms with E-state index in [1.54, 1.807) is 40.7 Å². The number of nitrogens with zero attached hydrogens (tertiary/aromatic N) is 6. The third-order valence-electron chi connectivity index (χ3n) is 22.3. The molecule has 124 heavy (non-hydrogen) atoms. The Morgan fingerprint density at radius 1 is 0.508 bits per heavy atom. The number of halogens is 5. The van der Waals surface area contributed by atoms with Gasteiger partial charge in [-0.1, -0.05) is 89.2 Å².